The number of halogens is 3. The number of aliphatic carboxylic acids is 1. The van der Waals surface area contributed by atoms with Crippen molar-refractivity contribution in [2.45, 2.75) is 25.6 Å². The summed E-state index contributed by atoms with van der Waals surface area (Å²) in [6.45, 7) is 1.89. The van der Waals surface area contributed by atoms with E-state index in [4.69, 9.17) is 10.4 Å². The third-order valence-electron chi connectivity index (χ3n) is 2.49. The van der Waals surface area contributed by atoms with Crippen LogP contribution in [0.25, 0.3) is 0 Å². The third-order valence-corrected chi connectivity index (χ3v) is 2.49. The number of carbonyl (C=O) groups is 1. The van der Waals surface area contributed by atoms with Crippen molar-refractivity contribution in [3.63, 3.8) is 0 Å². The lowest BCUT2D eigenvalue weighted by atomic mass is 10.0. The molecule has 0 rings (SSSR count). The second-order valence-electron chi connectivity index (χ2n) is 3.97. The molecule has 0 saturated heterocycles. The lowest BCUT2D eigenvalue weighted by Crippen LogP contribution is -2.51. The van der Waals surface area contributed by atoms with Gasteiger partial charge in [0.25, 0.3) is 0 Å². The maximum absolute atomic E-state index is 12.3. The molecule has 1 N–H and O–H groups in total. The van der Waals surface area contributed by atoms with Crippen LogP contribution >= 0.6 is 0 Å². The fourth-order valence-corrected chi connectivity index (χ4v) is 0.883. The van der Waals surface area contributed by atoms with Crippen LogP contribution in [0, 0.1) is 17.2 Å². The highest BCUT2D eigenvalue weighted by Gasteiger charge is 2.43. The highest BCUT2D eigenvalue weighted by molar-refractivity contribution is 5.77. The van der Waals surface area contributed by atoms with E-state index < -0.39 is 30.1 Å². The zero-order chi connectivity index (χ0) is 13.1. The predicted octanol–water partition coefficient (Wildman–Crippen LogP) is 1.48. The van der Waals surface area contributed by atoms with Crippen LogP contribution in [0.4, 0.5) is 13.2 Å². The van der Waals surface area contributed by atoms with Crippen molar-refractivity contribution < 1.29 is 23.1 Å². The molecule has 0 aliphatic carbocycles. The van der Waals surface area contributed by atoms with Crippen molar-refractivity contribution in [1.82, 2.24) is 4.90 Å². The van der Waals surface area contributed by atoms with Gasteiger partial charge in [-0.3, -0.25) is 9.69 Å². The van der Waals surface area contributed by atoms with Gasteiger partial charge in [-0.05, 0) is 20.9 Å². The molecule has 0 spiro atoms. The molecule has 4 nitrogen and oxygen atoms in total. The summed E-state index contributed by atoms with van der Waals surface area (Å²) in [7, 11) is 1.24. The van der Waals surface area contributed by atoms with Gasteiger partial charge in [-0.25, -0.2) is 0 Å². The van der Waals surface area contributed by atoms with E-state index in [-0.39, 0.29) is 0 Å². The smallest absolute Gasteiger partial charge is 0.405 e. The molecule has 16 heavy (non-hydrogen) atoms. The monoisotopic (exact) mass is 238 g/mol. The topological polar surface area (TPSA) is 64.3 Å². The minimum Gasteiger partial charge on any atom is -0.480 e. The molecule has 0 aliphatic rings. The average Bonchev–Trinajstić information content (AvgIpc) is 2.11. The van der Waals surface area contributed by atoms with Crippen LogP contribution in [0.3, 0.4) is 0 Å². The molecule has 0 aromatic heterocycles. The van der Waals surface area contributed by atoms with Gasteiger partial charge in [0.2, 0.25) is 0 Å². The van der Waals surface area contributed by atoms with Crippen molar-refractivity contribution in [2.24, 2.45) is 5.92 Å². The molecule has 92 valence electrons. The zero-order valence-electron chi connectivity index (χ0n) is 9.17. The molecular weight excluding hydrogens is 225 g/mol. The number of carboxylic acids is 1. The Kier molecular flexibility index (Phi) is 4.32. The molecule has 0 aromatic carbocycles. The van der Waals surface area contributed by atoms with Crippen LogP contribution in [0.15, 0.2) is 0 Å². The Bertz CT molecular complexity index is 307. The number of carboxylic acid groups (broad SMARTS) is 1. The minimum atomic E-state index is -4.64. The number of alkyl halides is 3. The van der Waals surface area contributed by atoms with Gasteiger partial charge in [0, 0.05) is 6.54 Å². The van der Waals surface area contributed by atoms with E-state index in [9.17, 15) is 18.0 Å². The molecule has 0 saturated carbocycles. The first kappa shape index (κ1) is 14.7. The van der Waals surface area contributed by atoms with Crippen molar-refractivity contribution >= 4 is 5.97 Å². The summed E-state index contributed by atoms with van der Waals surface area (Å²) in [6, 6.07) is 1.12. The molecule has 0 heterocycles. The molecule has 1 unspecified atom stereocenters. The van der Waals surface area contributed by atoms with Gasteiger partial charge < -0.3 is 5.11 Å². The number of rotatable bonds is 4. The fraction of sp³-hybridized carbons (Fsp3) is 0.778. The van der Waals surface area contributed by atoms with Crippen LogP contribution < -0.4 is 0 Å². The summed E-state index contributed by atoms with van der Waals surface area (Å²) >= 11 is 0. The van der Waals surface area contributed by atoms with E-state index in [2.05, 4.69) is 0 Å². The number of likely N-dealkylation sites (N-methyl/N-ethyl adjacent to an activating group) is 1. The Morgan fingerprint density at radius 1 is 1.50 bits per heavy atom. The number of hydrogen-bond acceptors (Lipinski definition) is 3. The van der Waals surface area contributed by atoms with E-state index in [1.807, 2.05) is 0 Å². The van der Waals surface area contributed by atoms with E-state index in [0.29, 0.717) is 0 Å². The van der Waals surface area contributed by atoms with Gasteiger partial charge in [-0.15, -0.1) is 0 Å². The Balaban J connectivity index is 4.75. The molecule has 0 aromatic rings. The second kappa shape index (κ2) is 4.70. The van der Waals surface area contributed by atoms with E-state index in [1.165, 1.54) is 20.9 Å². The Hall–Kier alpha value is -1.29. The van der Waals surface area contributed by atoms with Crippen LogP contribution in [-0.4, -0.2) is 41.3 Å². The van der Waals surface area contributed by atoms with Crippen LogP contribution in [-0.2, 0) is 4.79 Å². The lowest BCUT2D eigenvalue weighted by molar-refractivity contribution is -0.170. The molecule has 0 bridgehead atoms. The normalized spacial score (nSPS) is 14.6. The number of hydrogen-bond donors (Lipinski definition) is 1. The SMILES string of the molecule is CN(CC(C#N)C(F)(F)F)C(C)(C)C(=O)O. The average molecular weight is 238 g/mol. The van der Waals surface area contributed by atoms with Crippen molar-refractivity contribution in [3.8, 4) is 6.07 Å². The Morgan fingerprint density at radius 3 is 2.19 bits per heavy atom. The van der Waals surface area contributed by atoms with Crippen molar-refractivity contribution in [1.29, 1.82) is 5.26 Å². The van der Waals surface area contributed by atoms with Gasteiger partial charge in [0.15, 0.2) is 5.92 Å². The first-order valence-electron chi connectivity index (χ1n) is 4.44. The standard InChI is InChI=1S/C9H13F3N2O2/c1-8(2,7(15)16)14(3)5-6(4-13)9(10,11)12/h6H,5H2,1-3H3,(H,15,16). The third kappa shape index (κ3) is 3.38. The summed E-state index contributed by atoms with van der Waals surface area (Å²) in [6.07, 6.45) is -4.64. The molecule has 0 aliphatic heterocycles. The highest BCUT2D eigenvalue weighted by atomic mass is 19.4. The maximum atomic E-state index is 12.3. The Labute approximate surface area is 91.3 Å². The second-order valence-corrected chi connectivity index (χ2v) is 3.97. The van der Waals surface area contributed by atoms with Gasteiger partial charge in [-0.2, -0.15) is 18.4 Å². The fourth-order valence-electron chi connectivity index (χ4n) is 0.883. The number of nitrogens with zero attached hydrogens (tertiary/aromatic N) is 2. The van der Waals surface area contributed by atoms with E-state index >= 15 is 0 Å². The maximum Gasteiger partial charge on any atom is 0.405 e. The lowest BCUT2D eigenvalue weighted by Gasteiger charge is -2.33. The minimum absolute atomic E-state index is 0.667. The van der Waals surface area contributed by atoms with Crippen LogP contribution in [0.5, 0.6) is 0 Å². The van der Waals surface area contributed by atoms with Gasteiger partial charge in [0.05, 0.1) is 6.07 Å². The van der Waals surface area contributed by atoms with Crippen molar-refractivity contribution in [3.05, 3.63) is 0 Å². The summed E-state index contributed by atoms with van der Waals surface area (Å²) in [5, 5.41) is 17.2. The van der Waals surface area contributed by atoms with E-state index in [0.717, 1.165) is 11.0 Å². The van der Waals surface area contributed by atoms with Gasteiger partial charge >= 0.3 is 12.1 Å². The largest absolute Gasteiger partial charge is 0.480 e. The van der Waals surface area contributed by atoms with E-state index in [1.54, 1.807) is 0 Å². The first-order valence-corrected chi connectivity index (χ1v) is 4.44. The zero-order valence-corrected chi connectivity index (χ0v) is 9.17. The number of nitriles is 1. The molecular formula is C9H13F3N2O2. The van der Waals surface area contributed by atoms with Crippen LogP contribution in [0.2, 0.25) is 0 Å². The van der Waals surface area contributed by atoms with Gasteiger partial charge in [0.1, 0.15) is 5.54 Å². The Morgan fingerprint density at radius 2 is 1.94 bits per heavy atom. The molecule has 1 atom stereocenters. The van der Waals surface area contributed by atoms with Crippen LogP contribution in [0.1, 0.15) is 13.8 Å². The summed E-state index contributed by atoms with van der Waals surface area (Å²) in [4.78, 5) is 11.8. The predicted molar refractivity (Wildman–Crippen MR) is 49.5 cm³/mol. The first-order chi connectivity index (χ1) is 7.03. The molecule has 0 amide bonds. The molecule has 0 fully saturated rings. The molecule has 0 radical (unpaired) electrons. The summed E-state index contributed by atoms with van der Waals surface area (Å²) in [5.74, 6) is -3.43. The van der Waals surface area contributed by atoms with Crippen molar-refractivity contribution in [2.75, 3.05) is 13.6 Å². The van der Waals surface area contributed by atoms with Gasteiger partial charge in [-0.1, -0.05) is 0 Å². The highest BCUT2D eigenvalue weighted by Crippen LogP contribution is 2.27. The summed E-state index contributed by atoms with van der Waals surface area (Å²) < 4.78 is 36.8. The summed E-state index contributed by atoms with van der Waals surface area (Å²) in [5.41, 5.74) is -1.44. The quantitative estimate of drug-likeness (QED) is 0.805. The molecule has 7 heteroatoms.